The smallest absolute Gasteiger partial charge is 0.123 e. The number of nitrogens with two attached hydrogens (primary N) is 1. The average molecular weight is 399 g/mol. The predicted molar refractivity (Wildman–Crippen MR) is 90.0 cm³/mol. The van der Waals surface area contributed by atoms with Gasteiger partial charge in [0.25, 0.3) is 0 Å². The Bertz CT molecular complexity index is 567. The van der Waals surface area contributed by atoms with Crippen molar-refractivity contribution < 1.29 is 4.74 Å². The van der Waals surface area contributed by atoms with Crippen molar-refractivity contribution in [1.29, 1.82) is 0 Å². The van der Waals surface area contributed by atoms with Gasteiger partial charge in [0.15, 0.2) is 0 Å². The van der Waals surface area contributed by atoms with Crippen LogP contribution in [0.25, 0.3) is 0 Å². The van der Waals surface area contributed by atoms with E-state index < -0.39 is 0 Å². The van der Waals surface area contributed by atoms with Crippen molar-refractivity contribution in [3.8, 4) is 5.75 Å². The van der Waals surface area contributed by atoms with Crippen LogP contribution in [0.2, 0.25) is 0 Å². The Hall–Kier alpha value is -0.840. The van der Waals surface area contributed by atoms with E-state index >= 15 is 0 Å². The molecule has 0 aliphatic carbocycles. The molecule has 2 rings (SSSR count). The van der Waals surface area contributed by atoms with E-state index in [1.807, 2.05) is 43.3 Å². The van der Waals surface area contributed by atoms with Crippen molar-refractivity contribution in [2.45, 2.75) is 26.0 Å². The molecule has 2 aromatic rings. The highest BCUT2D eigenvalue weighted by Crippen LogP contribution is 2.25. The number of halogens is 2. The molecule has 0 bridgehead atoms. The van der Waals surface area contributed by atoms with E-state index in [2.05, 4.69) is 37.9 Å². The van der Waals surface area contributed by atoms with Crippen LogP contribution in [0.1, 0.15) is 18.1 Å². The van der Waals surface area contributed by atoms with E-state index in [1.165, 1.54) is 0 Å². The Morgan fingerprint density at radius 1 is 1.05 bits per heavy atom. The van der Waals surface area contributed by atoms with Crippen molar-refractivity contribution in [2.24, 2.45) is 5.73 Å². The molecule has 2 N–H and O–H groups in total. The Morgan fingerprint density at radius 3 is 2.35 bits per heavy atom. The number of hydrogen-bond donors (Lipinski definition) is 1. The maximum absolute atomic E-state index is 5.93. The van der Waals surface area contributed by atoms with Crippen LogP contribution in [0, 0.1) is 0 Å². The van der Waals surface area contributed by atoms with E-state index in [9.17, 15) is 0 Å². The second-order valence-electron chi connectivity index (χ2n) is 4.85. The summed E-state index contributed by atoms with van der Waals surface area (Å²) in [5.41, 5.74) is 8.16. The third-order valence-corrected chi connectivity index (χ3v) is 3.89. The molecule has 0 spiro atoms. The summed E-state index contributed by atoms with van der Waals surface area (Å²) in [7, 11) is 0. The summed E-state index contributed by atoms with van der Waals surface area (Å²) in [6.45, 7) is 2.56. The fraction of sp³-hybridized carbons (Fsp3) is 0.250. The van der Waals surface area contributed by atoms with Crippen molar-refractivity contribution in [2.75, 3.05) is 0 Å². The maximum atomic E-state index is 5.93. The Labute approximate surface area is 136 Å². The topological polar surface area (TPSA) is 35.2 Å². The number of rotatable bonds is 5. The third kappa shape index (κ3) is 4.62. The van der Waals surface area contributed by atoms with Gasteiger partial charge >= 0.3 is 0 Å². The minimum atomic E-state index is 0.110. The lowest BCUT2D eigenvalue weighted by Gasteiger charge is -2.14. The zero-order valence-corrected chi connectivity index (χ0v) is 14.4. The van der Waals surface area contributed by atoms with Crippen LogP contribution in [-0.2, 0) is 13.0 Å². The highest BCUT2D eigenvalue weighted by atomic mass is 79.9. The van der Waals surface area contributed by atoms with E-state index in [1.54, 1.807) is 0 Å². The summed E-state index contributed by atoms with van der Waals surface area (Å²) in [6.07, 6.45) is 0.801. The molecule has 2 nitrogen and oxygen atoms in total. The van der Waals surface area contributed by atoms with E-state index in [0.717, 1.165) is 32.2 Å². The minimum Gasteiger partial charge on any atom is -0.489 e. The van der Waals surface area contributed by atoms with Gasteiger partial charge < -0.3 is 10.5 Å². The quantitative estimate of drug-likeness (QED) is 0.793. The van der Waals surface area contributed by atoms with Crippen LogP contribution in [0.5, 0.6) is 5.75 Å². The molecule has 106 valence electrons. The molecule has 2 aromatic carbocycles. The largest absolute Gasteiger partial charge is 0.489 e. The maximum Gasteiger partial charge on any atom is 0.123 e. The summed E-state index contributed by atoms with van der Waals surface area (Å²) in [6, 6.07) is 14.3. The Kier molecular flexibility index (Phi) is 5.64. The van der Waals surface area contributed by atoms with Crippen LogP contribution in [0.15, 0.2) is 51.4 Å². The van der Waals surface area contributed by atoms with Crippen LogP contribution in [-0.4, -0.2) is 6.04 Å². The first kappa shape index (κ1) is 15.5. The lowest BCUT2D eigenvalue weighted by Crippen LogP contribution is -2.18. The molecule has 20 heavy (non-hydrogen) atoms. The van der Waals surface area contributed by atoms with Gasteiger partial charge in [0.05, 0.1) is 0 Å². The molecule has 1 atom stereocenters. The van der Waals surface area contributed by atoms with E-state index in [4.69, 9.17) is 10.5 Å². The lowest BCUT2D eigenvalue weighted by molar-refractivity contribution is 0.302. The fourth-order valence-corrected chi connectivity index (χ4v) is 2.61. The molecule has 0 fully saturated rings. The van der Waals surface area contributed by atoms with Gasteiger partial charge in [-0.15, -0.1) is 0 Å². The van der Waals surface area contributed by atoms with Gasteiger partial charge in [-0.3, -0.25) is 0 Å². The second kappa shape index (κ2) is 7.25. The van der Waals surface area contributed by atoms with Crippen molar-refractivity contribution in [3.63, 3.8) is 0 Å². The molecule has 0 saturated heterocycles. The highest BCUT2D eigenvalue weighted by Gasteiger charge is 2.07. The normalized spacial score (nSPS) is 12.2. The molecule has 4 heteroatoms. The summed E-state index contributed by atoms with van der Waals surface area (Å²) in [5.74, 6) is 0.897. The summed E-state index contributed by atoms with van der Waals surface area (Å²) in [4.78, 5) is 0. The van der Waals surface area contributed by atoms with Gasteiger partial charge in [-0.2, -0.15) is 0 Å². The van der Waals surface area contributed by atoms with Gasteiger partial charge in [-0.05, 0) is 54.8 Å². The van der Waals surface area contributed by atoms with Crippen LogP contribution in [0.4, 0.5) is 0 Å². The minimum absolute atomic E-state index is 0.110. The standard InChI is InChI=1S/C16H17Br2NO/c1-11(19)8-13-9-15(18)6-7-16(13)20-10-12-2-4-14(17)5-3-12/h2-7,9,11H,8,10,19H2,1H3. The molecule has 0 aliphatic heterocycles. The zero-order valence-electron chi connectivity index (χ0n) is 11.3. The highest BCUT2D eigenvalue weighted by molar-refractivity contribution is 9.10. The summed E-state index contributed by atoms with van der Waals surface area (Å²) in [5, 5.41) is 0. The molecule has 0 aromatic heterocycles. The summed E-state index contributed by atoms with van der Waals surface area (Å²) < 4.78 is 8.04. The second-order valence-corrected chi connectivity index (χ2v) is 6.68. The predicted octanol–water partition coefficient (Wildman–Crippen LogP) is 4.68. The molecule has 0 saturated carbocycles. The average Bonchev–Trinajstić information content (AvgIpc) is 2.39. The first-order valence-electron chi connectivity index (χ1n) is 6.46. The molecular weight excluding hydrogens is 382 g/mol. The van der Waals surface area contributed by atoms with Crippen molar-refractivity contribution >= 4 is 31.9 Å². The monoisotopic (exact) mass is 397 g/mol. The summed E-state index contributed by atoms with van der Waals surface area (Å²) >= 11 is 6.92. The van der Waals surface area contributed by atoms with Crippen molar-refractivity contribution in [3.05, 3.63) is 62.5 Å². The number of benzene rings is 2. The first-order valence-corrected chi connectivity index (χ1v) is 8.04. The van der Waals surface area contributed by atoms with Gasteiger partial charge in [-0.1, -0.05) is 44.0 Å². The molecule has 0 amide bonds. The van der Waals surface area contributed by atoms with E-state index in [-0.39, 0.29) is 6.04 Å². The number of hydrogen-bond acceptors (Lipinski definition) is 2. The Balaban J connectivity index is 2.10. The lowest BCUT2D eigenvalue weighted by atomic mass is 10.1. The molecule has 0 aliphatic rings. The van der Waals surface area contributed by atoms with Crippen LogP contribution in [0.3, 0.4) is 0 Å². The fourth-order valence-electron chi connectivity index (χ4n) is 1.94. The molecule has 1 unspecified atom stereocenters. The third-order valence-electron chi connectivity index (χ3n) is 2.87. The molecule has 0 radical (unpaired) electrons. The molecule has 0 heterocycles. The van der Waals surface area contributed by atoms with Crippen LogP contribution < -0.4 is 10.5 Å². The van der Waals surface area contributed by atoms with Crippen LogP contribution >= 0.6 is 31.9 Å². The van der Waals surface area contributed by atoms with Gasteiger partial charge in [-0.25, -0.2) is 0 Å². The zero-order chi connectivity index (χ0) is 14.5. The SMILES string of the molecule is CC(N)Cc1cc(Br)ccc1OCc1ccc(Br)cc1. The van der Waals surface area contributed by atoms with E-state index in [0.29, 0.717) is 6.61 Å². The van der Waals surface area contributed by atoms with Crippen molar-refractivity contribution in [1.82, 2.24) is 0 Å². The molecular formula is C16H17Br2NO. The van der Waals surface area contributed by atoms with Gasteiger partial charge in [0, 0.05) is 15.0 Å². The first-order chi connectivity index (χ1) is 9.54. The van der Waals surface area contributed by atoms with Gasteiger partial charge in [0.2, 0.25) is 0 Å². The Morgan fingerprint density at radius 2 is 1.70 bits per heavy atom. The van der Waals surface area contributed by atoms with Gasteiger partial charge in [0.1, 0.15) is 12.4 Å². The number of ether oxygens (including phenoxy) is 1.